The van der Waals surface area contributed by atoms with Crippen LogP contribution in [0.1, 0.15) is 51.5 Å². The summed E-state index contributed by atoms with van der Waals surface area (Å²) in [5.74, 6) is -0.298. The Bertz CT molecular complexity index is 1040. The number of ether oxygens (including phenoxy) is 1. The van der Waals surface area contributed by atoms with E-state index in [-0.39, 0.29) is 29.2 Å². The zero-order chi connectivity index (χ0) is 24.5. The number of carbonyl (C=O) groups excluding carboxylic acids is 2. The van der Waals surface area contributed by atoms with E-state index in [4.69, 9.17) is 4.74 Å². The fourth-order valence-electron chi connectivity index (χ4n) is 5.25. The predicted molar refractivity (Wildman–Crippen MR) is 129 cm³/mol. The van der Waals surface area contributed by atoms with E-state index in [2.05, 4.69) is 22.5 Å². The highest BCUT2D eigenvalue weighted by Crippen LogP contribution is 2.36. The van der Waals surface area contributed by atoms with E-state index in [1.165, 1.54) is 10.4 Å². The monoisotopic (exact) mass is 492 g/mol. The molecule has 0 spiro atoms. The average Bonchev–Trinajstić information content (AvgIpc) is 3.29. The largest absolute Gasteiger partial charge is 0.478 e. The quantitative estimate of drug-likeness (QED) is 0.604. The molecule has 188 valence electrons. The number of amides is 2. The smallest absolute Gasteiger partial charge is 0.265 e. The van der Waals surface area contributed by atoms with Crippen molar-refractivity contribution in [3.8, 4) is 5.75 Å². The summed E-state index contributed by atoms with van der Waals surface area (Å²) >= 11 is 0. The van der Waals surface area contributed by atoms with Gasteiger partial charge >= 0.3 is 0 Å². The summed E-state index contributed by atoms with van der Waals surface area (Å²) in [6, 6.07) is 3.51. The van der Waals surface area contributed by atoms with Gasteiger partial charge in [-0.05, 0) is 63.7 Å². The molecular formula is C24H36N4O5S. The number of anilines is 1. The van der Waals surface area contributed by atoms with Crippen molar-refractivity contribution in [2.24, 2.45) is 5.92 Å². The number of benzene rings is 1. The van der Waals surface area contributed by atoms with E-state index in [1.807, 2.05) is 6.92 Å². The number of rotatable bonds is 7. The molecule has 2 saturated heterocycles. The molecule has 2 fully saturated rings. The molecule has 3 aliphatic heterocycles. The Labute approximate surface area is 202 Å². The standard InChI is InChI=1S/C24H36N4O5S/c1-4-20-24(30)26-19-12-16(3)22(13-21(19)33-20)34(31,32)28-11-6-8-17(15-28)23(29)25-14-18-9-7-10-27(18)5-2/h12-13,17-18,20H,4-11,14-15H2,1-3H3,(H,25,29)(H,26,30)/t17-,18-,20-/m0/s1. The van der Waals surface area contributed by atoms with Crippen LogP contribution in [0.4, 0.5) is 5.69 Å². The Morgan fingerprint density at radius 2 is 1.97 bits per heavy atom. The van der Waals surface area contributed by atoms with Crippen LogP contribution in [0, 0.1) is 12.8 Å². The van der Waals surface area contributed by atoms with Gasteiger partial charge in [0.05, 0.1) is 16.5 Å². The predicted octanol–water partition coefficient (Wildman–Crippen LogP) is 2.11. The molecule has 0 aromatic heterocycles. The lowest BCUT2D eigenvalue weighted by atomic mass is 9.98. The molecule has 4 rings (SSSR count). The summed E-state index contributed by atoms with van der Waals surface area (Å²) in [4.78, 5) is 27.5. The molecule has 2 N–H and O–H groups in total. The molecule has 3 aliphatic rings. The molecule has 1 aromatic carbocycles. The fraction of sp³-hybridized carbons (Fsp3) is 0.667. The Kier molecular flexibility index (Phi) is 7.49. The second-order valence-corrected chi connectivity index (χ2v) is 11.4. The van der Waals surface area contributed by atoms with E-state index < -0.39 is 16.1 Å². The summed E-state index contributed by atoms with van der Waals surface area (Å²) in [7, 11) is -3.82. The van der Waals surface area contributed by atoms with Crippen molar-refractivity contribution >= 4 is 27.5 Å². The zero-order valence-corrected chi connectivity index (χ0v) is 21.1. The minimum atomic E-state index is -3.82. The second kappa shape index (κ2) is 10.2. The van der Waals surface area contributed by atoms with Gasteiger partial charge in [-0.15, -0.1) is 0 Å². The summed E-state index contributed by atoms with van der Waals surface area (Å²) in [6.07, 6.45) is 3.39. The summed E-state index contributed by atoms with van der Waals surface area (Å²) < 4.78 is 34.3. The van der Waals surface area contributed by atoms with Gasteiger partial charge < -0.3 is 15.4 Å². The normalized spacial score (nSPS) is 26.0. The van der Waals surface area contributed by atoms with Crippen LogP contribution < -0.4 is 15.4 Å². The SMILES string of the molecule is CC[C@@H]1Oc2cc(S(=O)(=O)N3CCC[C@H](C(=O)NC[C@@H]4CCCN4CC)C3)c(C)cc2NC1=O. The van der Waals surface area contributed by atoms with Crippen LogP contribution in [0.25, 0.3) is 0 Å². The van der Waals surface area contributed by atoms with Gasteiger partial charge in [0.1, 0.15) is 5.75 Å². The molecule has 1 aromatic rings. The number of nitrogens with one attached hydrogen (secondary N) is 2. The Morgan fingerprint density at radius 1 is 1.21 bits per heavy atom. The van der Waals surface area contributed by atoms with Gasteiger partial charge in [0, 0.05) is 31.7 Å². The number of piperidine rings is 1. The van der Waals surface area contributed by atoms with Gasteiger partial charge in [-0.3, -0.25) is 14.5 Å². The van der Waals surface area contributed by atoms with E-state index in [0.717, 1.165) is 25.9 Å². The molecule has 2 amide bonds. The van der Waals surface area contributed by atoms with Crippen molar-refractivity contribution in [2.45, 2.75) is 69.9 Å². The van der Waals surface area contributed by atoms with E-state index >= 15 is 0 Å². The molecule has 9 nitrogen and oxygen atoms in total. The highest BCUT2D eigenvalue weighted by molar-refractivity contribution is 7.89. The van der Waals surface area contributed by atoms with Gasteiger partial charge in [0.2, 0.25) is 15.9 Å². The highest BCUT2D eigenvalue weighted by atomic mass is 32.2. The van der Waals surface area contributed by atoms with E-state index in [1.54, 1.807) is 13.0 Å². The number of likely N-dealkylation sites (tertiary alicyclic amines) is 1. The Hall–Kier alpha value is -2.17. The molecule has 3 heterocycles. The first-order valence-corrected chi connectivity index (χ1v) is 13.8. The van der Waals surface area contributed by atoms with E-state index in [9.17, 15) is 18.0 Å². The highest BCUT2D eigenvalue weighted by Gasteiger charge is 2.36. The first kappa shape index (κ1) is 24.9. The van der Waals surface area contributed by atoms with E-state index in [0.29, 0.717) is 55.4 Å². The first-order chi connectivity index (χ1) is 16.2. The minimum absolute atomic E-state index is 0.0677. The van der Waals surface area contributed by atoms with Gasteiger partial charge in [-0.25, -0.2) is 8.42 Å². The fourth-order valence-corrected chi connectivity index (χ4v) is 7.00. The zero-order valence-electron chi connectivity index (χ0n) is 20.3. The Morgan fingerprint density at radius 3 is 2.71 bits per heavy atom. The lowest BCUT2D eigenvalue weighted by molar-refractivity contribution is -0.126. The molecule has 0 saturated carbocycles. The van der Waals surface area contributed by atoms with Crippen LogP contribution in [0.5, 0.6) is 5.75 Å². The number of hydrogen-bond acceptors (Lipinski definition) is 6. The second-order valence-electron chi connectivity index (χ2n) is 9.49. The summed E-state index contributed by atoms with van der Waals surface area (Å²) in [6.45, 7) is 8.89. The maximum Gasteiger partial charge on any atom is 0.265 e. The number of carbonyl (C=O) groups is 2. The number of aryl methyl sites for hydroxylation is 1. The van der Waals surface area contributed by atoms with Crippen LogP contribution in [0.2, 0.25) is 0 Å². The Balaban J connectivity index is 1.46. The van der Waals surface area contributed by atoms with Crippen molar-refractivity contribution in [3.63, 3.8) is 0 Å². The van der Waals surface area contributed by atoms with Gasteiger partial charge in [0.25, 0.3) is 5.91 Å². The van der Waals surface area contributed by atoms with Crippen molar-refractivity contribution in [1.82, 2.24) is 14.5 Å². The van der Waals surface area contributed by atoms with Crippen LogP contribution >= 0.6 is 0 Å². The lowest BCUT2D eigenvalue weighted by Crippen LogP contribution is -2.47. The summed E-state index contributed by atoms with van der Waals surface area (Å²) in [5.41, 5.74) is 1.01. The van der Waals surface area contributed by atoms with Crippen molar-refractivity contribution in [3.05, 3.63) is 17.7 Å². The summed E-state index contributed by atoms with van der Waals surface area (Å²) in [5, 5.41) is 5.87. The topological polar surface area (TPSA) is 108 Å². The molecule has 34 heavy (non-hydrogen) atoms. The van der Waals surface area contributed by atoms with Gasteiger partial charge in [0.15, 0.2) is 6.10 Å². The first-order valence-electron chi connectivity index (χ1n) is 12.4. The minimum Gasteiger partial charge on any atom is -0.478 e. The molecule has 0 radical (unpaired) electrons. The third kappa shape index (κ3) is 4.94. The molecule has 0 bridgehead atoms. The molecular weight excluding hydrogens is 456 g/mol. The number of sulfonamides is 1. The molecule has 0 unspecified atom stereocenters. The van der Waals surface area contributed by atoms with Crippen LogP contribution in [0.3, 0.4) is 0 Å². The van der Waals surface area contributed by atoms with Crippen LogP contribution in [-0.4, -0.2) is 74.3 Å². The molecule has 10 heteroatoms. The van der Waals surface area contributed by atoms with Crippen LogP contribution in [-0.2, 0) is 19.6 Å². The number of hydrogen-bond donors (Lipinski definition) is 2. The van der Waals surface area contributed by atoms with Gasteiger partial charge in [-0.1, -0.05) is 13.8 Å². The molecule has 0 aliphatic carbocycles. The average molecular weight is 493 g/mol. The third-order valence-corrected chi connectivity index (χ3v) is 9.26. The number of likely N-dealkylation sites (N-methyl/N-ethyl adjacent to an activating group) is 1. The third-order valence-electron chi connectivity index (χ3n) is 7.26. The number of fused-ring (bicyclic) bond motifs is 1. The lowest BCUT2D eigenvalue weighted by Gasteiger charge is -2.33. The van der Waals surface area contributed by atoms with Crippen molar-refractivity contribution < 1.29 is 22.7 Å². The van der Waals surface area contributed by atoms with Crippen LogP contribution in [0.15, 0.2) is 17.0 Å². The maximum atomic E-state index is 13.6. The molecule has 3 atom stereocenters. The maximum absolute atomic E-state index is 13.6. The van der Waals surface area contributed by atoms with Crippen molar-refractivity contribution in [1.29, 1.82) is 0 Å². The van der Waals surface area contributed by atoms with Gasteiger partial charge in [-0.2, -0.15) is 4.31 Å². The number of nitrogens with zero attached hydrogens (tertiary/aromatic N) is 2. The van der Waals surface area contributed by atoms with Crippen molar-refractivity contribution in [2.75, 3.05) is 38.0 Å².